The van der Waals surface area contributed by atoms with Gasteiger partial charge in [0.15, 0.2) is 0 Å². The van der Waals surface area contributed by atoms with Crippen LogP contribution in [0.4, 0.5) is 0 Å². The van der Waals surface area contributed by atoms with Crippen LogP contribution in [0.1, 0.15) is 51.9 Å². The number of nitrogens with two attached hydrogens (primary N) is 1. The van der Waals surface area contributed by atoms with Gasteiger partial charge in [-0.15, -0.1) is 0 Å². The number of unbranched alkanes of at least 4 members (excludes halogenated alkanes) is 1. The third-order valence-electron chi connectivity index (χ3n) is 3.08. The fraction of sp³-hybridized carbons (Fsp3) is 0.917. The summed E-state index contributed by atoms with van der Waals surface area (Å²) < 4.78 is 5.82. The molecule has 0 bridgehead atoms. The lowest BCUT2D eigenvalue weighted by atomic mass is 9.89. The van der Waals surface area contributed by atoms with Crippen LogP contribution in [0, 0.1) is 11.3 Å². The third-order valence-corrected chi connectivity index (χ3v) is 3.08. The Morgan fingerprint density at radius 1 is 1.40 bits per heavy atom. The molecule has 1 saturated carbocycles. The number of ether oxygens (including phenoxy) is 1. The molecule has 0 saturated heterocycles. The van der Waals surface area contributed by atoms with Gasteiger partial charge >= 0.3 is 0 Å². The Balaban J connectivity index is 1.97. The van der Waals surface area contributed by atoms with Crippen molar-refractivity contribution in [2.45, 2.75) is 58.0 Å². The van der Waals surface area contributed by atoms with E-state index in [1.54, 1.807) is 0 Å². The summed E-state index contributed by atoms with van der Waals surface area (Å²) in [7, 11) is 0. The molecule has 1 aliphatic carbocycles. The van der Waals surface area contributed by atoms with E-state index < -0.39 is 0 Å². The third kappa shape index (κ3) is 5.78. The molecule has 15 heavy (non-hydrogen) atoms. The van der Waals surface area contributed by atoms with E-state index in [0.29, 0.717) is 18.4 Å². The van der Waals surface area contributed by atoms with Crippen LogP contribution < -0.4 is 5.73 Å². The standard InChI is InChI=1S/C12H24N2O/c1-10-5-4-6-11(9-10)15-8-3-2-7-12(13)14/h10-11H,2-9H2,1H3,(H3,13,14). The summed E-state index contributed by atoms with van der Waals surface area (Å²) in [4.78, 5) is 0. The molecule has 2 atom stereocenters. The van der Waals surface area contributed by atoms with Gasteiger partial charge in [-0.25, -0.2) is 0 Å². The van der Waals surface area contributed by atoms with Gasteiger partial charge in [0, 0.05) is 13.0 Å². The van der Waals surface area contributed by atoms with Crippen molar-refractivity contribution < 1.29 is 4.74 Å². The summed E-state index contributed by atoms with van der Waals surface area (Å²) in [6, 6.07) is 0. The summed E-state index contributed by atoms with van der Waals surface area (Å²) in [5.74, 6) is 1.13. The van der Waals surface area contributed by atoms with Crippen LogP contribution in [0.15, 0.2) is 0 Å². The second-order valence-electron chi connectivity index (χ2n) is 4.75. The monoisotopic (exact) mass is 212 g/mol. The molecule has 0 radical (unpaired) electrons. The first-order valence-corrected chi connectivity index (χ1v) is 6.13. The van der Waals surface area contributed by atoms with Crippen LogP contribution in [-0.4, -0.2) is 18.5 Å². The summed E-state index contributed by atoms with van der Waals surface area (Å²) in [5.41, 5.74) is 5.28. The van der Waals surface area contributed by atoms with Gasteiger partial charge in [-0.3, -0.25) is 5.41 Å². The normalized spacial score (nSPS) is 26.5. The molecule has 0 aliphatic heterocycles. The summed E-state index contributed by atoms with van der Waals surface area (Å²) in [6.45, 7) is 3.15. The minimum Gasteiger partial charge on any atom is -0.388 e. The Morgan fingerprint density at radius 2 is 2.20 bits per heavy atom. The minimum absolute atomic E-state index is 0.293. The van der Waals surface area contributed by atoms with Crippen LogP contribution in [0.2, 0.25) is 0 Å². The fourth-order valence-corrected chi connectivity index (χ4v) is 2.20. The maximum absolute atomic E-state index is 7.09. The first kappa shape index (κ1) is 12.5. The number of rotatable bonds is 6. The van der Waals surface area contributed by atoms with Gasteiger partial charge < -0.3 is 10.5 Å². The Labute approximate surface area is 92.9 Å². The lowest BCUT2D eigenvalue weighted by Gasteiger charge is -2.26. The average Bonchev–Trinajstić information content (AvgIpc) is 2.17. The smallest absolute Gasteiger partial charge is 0.0905 e. The predicted octanol–water partition coefficient (Wildman–Crippen LogP) is 2.69. The number of nitrogens with one attached hydrogen (secondary N) is 1. The van der Waals surface area contributed by atoms with E-state index in [1.807, 2.05) is 0 Å². The van der Waals surface area contributed by atoms with Gasteiger partial charge in [-0.1, -0.05) is 19.8 Å². The van der Waals surface area contributed by atoms with Crippen molar-refractivity contribution in [1.29, 1.82) is 5.41 Å². The molecule has 3 N–H and O–H groups in total. The largest absolute Gasteiger partial charge is 0.388 e. The predicted molar refractivity (Wildman–Crippen MR) is 63.1 cm³/mol. The van der Waals surface area contributed by atoms with Gasteiger partial charge in [0.1, 0.15) is 0 Å². The second kappa shape index (κ2) is 6.83. The fourth-order valence-electron chi connectivity index (χ4n) is 2.20. The molecule has 0 spiro atoms. The van der Waals surface area contributed by atoms with Crippen molar-refractivity contribution in [2.24, 2.45) is 11.7 Å². The van der Waals surface area contributed by atoms with Gasteiger partial charge in [0.25, 0.3) is 0 Å². The van der Waals surface area contributed by atoms with E-state index in [2.05, 4.69) is 6.92 Å². The second-order valence-corrected chi connectivity index (χ2v) is 4.75. The van der Waals surface area contributed by atoms with E-state index in [-0.39, 0.29) is 0 Å². The summed E-state index contributed by atoms with van der Waals surface area (Å²) >= 11 is 0. The van der Waals surface area contributed by atoms with Crippen LogP contribution in [0.3, 0.4) is 0 Å². The number of hydrogen-bond acceptors (Lipinski definition) is 2. The molecule has 0 aromatic carbocycles. The average molecular weight is 212 g/mol. The first-order chi connectivity index (χ1) is 7.18. The van der Waals surface area contributed by atoms with Crippen LogP contribution in [-0.2, 0) is 4.74 Å². The molecule has 0 aromatic rings. The van der Waals surface area contributed by atoms with Crippen molar-refractivity contribution in [1.82, 2.24) is 0 Å². The Morgan fingerprint density at radius 3 is 2.87 bits per heavy atom. The van der Waals surface area contributed by atoms with E-state index in [1.165, 1.54) is 25.7 Å². The number of hydrogen-bond donors (Lipinski definition) is 2. The molecule has 0 amide bonds. The van der Waals surface area contributed by atoms with E-state index in [0.717, 1.165) is 25.4 Å². The van der Waals surface area contributed by atoms with E-state index in [9.17, 15) is 0 Å². The molecule has 1 aliphatic rings. The highest BCUT2D eigenvalue weighted by Gasteiger charge is 2.18. The molecule has 88 valence electrons. The van der Waals surface area contributed by atoms with Crippen LogP contribution in [0.5, 0.6) is 0 Å². The van der Waals surface area contributed by atoms with E-state index >= 15 is 0 Å². The minimum atomic E-state index is 0.293. The van der Waals surface area contributed by atoms with Gasteiger partial charge in [0.05, 0.1) is 11.9 Å². The van der Waals surface area contributed by atoms with Gasteiger partial charge in [0.2, 0.25) is 0 Å². The SMILES string of the molecule is CC1CCCC(OCCCCC(=N)N)C1. The van der Waals surface area contributed by atoms with Gasteiger partial charge in [-0.05, 0) is 31.6 Å². The summed E-state index contributed by atoms with van der Waals surface area (Å²) in [6.07, 6.45) is 8.37. The zero-order chi connectivity index (χ0) is 11.1. The summed E-state index contributed by atoms with van der Waals surface area (Å²) in [5, 5.41) is 7.09. The maximum Gasteiger partial charge on any atom is 0.0905 e. The van der Waals surface area contributed by atoms with Crippen molar-refractivity contribution in [3.05, 3.63) is 0 Å². The molecular weight excluding hydrogens is 188 g/mol. The highest BCUT2D eigenvalue weighted by molar-refractivity contribution is 5.76. The topological polar surface area (TPSA) is 59.1 Å². The Bertz CT molecular complexity index is 194. The van der Waals surface area contributed by atoms with Crippen molar-refractivity contribution in [2.75, 3.05) is 6.61 Å². The van der Waals surface area contributed by atoms with Crippen LogP contribution >= 0.6 is 0 Å². The van der Waals surface area contributed by atoms with E-state index in [4.69, 9.17) is 15.9 Å². The lowest BCUT2D eigenvalue weighted by molar-refractivity contribution is 0.0140. The molecule has 2 unspecified atom stereocenters. The van der Waals surface area contributed by atoms with Crippen LogP contribution in [0.25, 0.3) is 0 Å². The maximum atomic E-state index is 7.09. The van der Waals surface area contributed by atoms with Crippen molar-refractivity contribution >= 4 is 5.84 Å². The molecule has 0 heterocycles. The number of amidine groups is 1. The highest BCUT2D eigenvalue weighted by Crippen LogP contribution is 2.25. The lowest BCUT2D eigenvalue weighted by Crippen LogP contribution is -2.22. The molecule has 3 nitrogen and oxygen atoms in total. The van der Waals surface area contributed by atoms with Gasteiger partial charge in [-0.2, -0.15) is 0 Å². The van der Waals surface area contributed by atoms with Crippen molar-refractivity contribution in [3.8, 4) is 0 Å². The zero-order valence-corrected chi connectivity index (χ0v) is 9.80. The molecule has 3 heteroatoms. The molecule has 1 fully saturated rings. The molecule has 0 aromatic heterocycles. The zero-order valence-electron chi connectivity index (χ0n) is 9.80. The Kier molecular flexibility index (Phi) is 5.69. The molecular formula is C12H24N2O. The quantitative estimate of drug-likeness (QED) is 0.404. The van der Waals surface area contributed by atoms with Crippen molar-refractivity contribution in [3.63, 3.8) is 0 Å². The highest BCUT2D eigenvalue weighted by atomic mass is 16.5. The Hall–Kier alpha value is -0.570. The molecule has 1 rings (SSSR count). The first-order valence-electron chi connectivity index (χ1n) is 6.13.